The second-order valence-electron chi connectivity index (χ2n) is 5.78. The van der Waals surface area contributed by atoms with Gasteiger partial charge in [-0.2, -0.15) is 5.10 Å². The highest BCUT2D eigenvalue weighted by atomic mass is 32.1. The largest absolute Gasteiger partial charge is 0.360 e. The zero-order chi connectivity index (χ0) is 18.7. The van der Waals surface area contributed by atoms with Gasteiger partial charge in [0.1, 0.15) is 5.69 Å². The number of nitrogens with one attached hydrogen (secondary N) is 3. The monoisotopic (exact) mass is 368 g/mol. The number of thiocarbonyl (C=S) groups is 1. The summed E-state index contributed by atoms with van der Waals surface area (Å²) in [4.78, 5) is 15.9. The molecule has 3 aromatic rings. The van der Waals surface area contributed by atoms with Gasteiger partial charge in [0.25, 0.3) is 5.56 Å². The third kappa shape index (κ3) is 3.45. The Morgan fingerprint density at radius 1 is 1.19 bits per heavy atom. The predicted octanol–water partition coefficient (Wildman–Crippen LogP) is 2.52. The topological polar surface area (TPSA) is 79.1 Å². The summed E-state index contributed by atoms with van der Waals surface area (Å²) in [5, 5.41) is 7.44. The van der Waals surface area contributed by atoms with Crippen LogP contribution in [0.1, 0.15) is 18.3 Å². The summed E-state index contributed by atoms with van der Waals surface area (Å²) >= 11 is 5.28. The first-order chi connectivity index (χ1) is 12.5. The second-order valence-corrected chi connectivity index (χ2v) is 6.19. The van der Waals surface area contributed by atoms with Crippen LogP contribution in [0.5, 0.6) is 0 Å². The first-order valence-electron chi connectivity index (χ1n) is 8.08. The van der Waals surface area contributed by atoms with Crippen LogP contribution in [0.2, 0.25) is 0 Å². The van der Waals surface area contributed by atoms with Crippen molar-refractivity contribution in [1.82, 2.24) is 19.8 Å². The van der Waals surface area contributed by atoms with Gasteiger partial charge >= 0.3 is 0 Å². The normalized spacial score (nSPS) is 11.4. The first kappa shape index (κ1) is 17.7. The number of aromatic amines is 1. The Bertz CT molecular complexity index is 998. The Kier molecular flexibility index (Phi) is 5.04. The van der Waals surface area contributed by atoms with Gasteiger partial charge in [-0.25, -0.2) is 4.68 Å². The number of hydrazone groups is 1. The Hall–Kier alpha value is -3.13. The van der Waals surface area contributed by atoms with Gasteiger partial charge < -0.3 is 10.3 Å². The fourth-order valence-electron chi connectivity index (χ4n) is 2.60. The van der Waals surface area contributed by atoms with Crippen LogP contribution < -0.4 is 16.3 Å². The molecule has 0 spiro atoms. The highest BCUT2D eigenvalue weighted by Gasteiger charge is 2.16. The van der Waals surface area contributed by atoms with Crippen molar-refractivity contribution in [2.24, 2.45) is 12.1 Å². The lowest BCUT2D eigenvalue weighted by atomic mass is 10.3. The minimum absolute atomic E-state index is 0.176. The van der Waals surface area contributed by atoms with Crippen molar-refractivity contribution in [3.63, 3.8) is 0 Å². The van der Waals surface area contributed by atoms with Crippen molar-refractivity contribution in [2.45, 2.75) is 13.8 Å². The molecule has 0 amide bonds. The Balaban J connectivity index is 1.81. The lowest BCUT2D eigenvalue weighted by Gasteiger charge is -2.07. The number of H-pyrrole nitrogens is 1. The van der Waals surface area contributed by atoms with Gasteiger partial charge in [0.2, 0.25) is 0 Å². The molecule has 0 aliphatic heterocycles. The molecular weight excluding hydrogens is 348 g/mol. The third-order valence-corrected chi connectivity index (χ3v) is 4.30. The molecule has 0 aliphatic rings. The molecule has 0 aliphatic carbocycles. The average molecular weight is 368 g/mol. The van der Waals surface area contributed by atoms with Gasteiger partial charge in [0, 0.05) is 13.2 Å². The molecule has 8 heteroatoms. The van der Waals surface area contributed by atoms with E-state index in [-0.39, 0.29) is 10.7 Å². The van der Waals surface area contributed by atoms with Gasteiger partial charge in [-0.15, -0.1) is 0 Å². The molecule has 3 rings (SSSR count). The molecule has 1 aromatic carbocycles. The van der Waals surface area contributed by atoms with E-state index < -0.39 is 0 Å². The quantitative estimate of drug-likeness (QED) is 0.376. The molecule has 0 saturated heterocycles. The number of hydrogen-bond donors (Lipinski definition) is 3. The van der Waals surface area contributed by atoms with E-state index in [4.69, 9.17) is 12.2 Å². The summed E-state index contributed by atoms with van der Waals surface area (Å²) < 4.78 is 3.38. The molecule has 2 heterocycles. The van der Waals surface area contributed by atoms with Crippen LogP contribution in [0.15, 0.2) is 58.6 Å². The summed E-state index contributed by atoms with van der Waals surface area (Å²) in [6.45, 7) is 3.72. The SMILES string of the molecule is C/C(=N\NC(=S)Nc1c(C)n(C)n(-c2ccccc2)c1=O)c1ccc[nH]1. The smallest absolute Gasteiger partial charge is 0.295 e. The van der Waals surface area contributed by atoms with Gasteiger partial charge in [-0.1, -0.05) is 18.2 Å². The van der Waals surface area contributed by atoms with E-state index in [0.29, 0.717) is 5.69 Å². The zero-order valence-electron chi connectivity index (χ0n) is 14.8. The summed E-state index contributed by atoms with van der Waals surface area (Å²) in [6.07, 6.45) is 1.82. The van der Waals surface area contributed by atoms with E-state index in [0.717, 1.165) is 22.8 Å². The molecule has 134 valence electrons. The maximum absolute atomic E-state index is 12.8. The maximum atomic E-state index is 12.8. The Labute approximate surface area is 156 Å². The van der Waals surface area contributed by atoms with E-state index >= 15 is 0 Å². The molecule has 0 bridgehead atoms. The number of para-hydroxylation sites is 1. The van der Waals surface area contributed by atoms with Crippen molar-refractivity contribution in [3.8, 4) is 5.69 Å². The average Bonchev–Trinajstić information content (AvgIpc) is 3.25. The van der Waals surface area contributed by atoms with Crippen molar-refractivity contribution in [3.05, 3.63) is 70.4 Å². The third-order valence-electron chi connectivity index (χ3n) is 4.11. The molecule has 3 N–H and O–H groups in total. The van der Waals surface area contributed by atoms with Crippen molar-refractivity contribution in [2.75, 3.05) is 5.32 Å². The summed E-state index contributed by atoms with van der Waals surface area (Å²) in [6, 6.07) is 13.3. The van der Waals surface area contributed by atoms with Crippen LogP contribution in [-0.4, -0.2) is 25.2 Å². The van der Waals surface area contributed by atoms with Crippen molar-refractivity contribution >= 4 is 28.7 Å². The minimum Gasteiger partial charge on any atom is -0.360 e. The summed E-state index contributed by atoms with van der Waals surface area (Å²) in [5.41, 5.74) is 6.22. The highest BCUT2D eigenvalue weighted by molar-refractivity contribution is 7.80. The highest BCUT2D eigenvalue weighted by Crippen LogP contribution is 2.13. The summed E-state index contributed by atoms with van der Waals surface area (Å²) in [7, 11) is 1.83. The van der Waals surface area contributed by atoms with Crippen LogP contribution in [0.25, 0.3) is 5.69 Å². The van der Waals surface area contributed by atoms with Crippen LogP contribution in [0.4, 0.5) is 5.69 Å². The first-order valence-corrected chi connectivity index (χ1v) is 8.49. The van der Waals surface area contributed by atoms with E-state index in [1.807, 2.05) is 69.6 Å². The minimum atomic E-state index is -0.176. The molecule has 0 radical (unpaired) electrons. The van der Waals surface area contributed by atoms with Crippen molar-refractivity contribution < 1.29 is 0 Å². The molecule has 0 saturated carbocycles. The lowest BCUT2D eigenvalue weighted by Crippen LogP contribution is -2.28. The number of nitrogens with zero attached hydrogens (tertiary/aromatic N) is 3. The lowest BCUT2D eigenvalue weighted by molar-refractivity contribution is 0.630. The fraction of sp³-hybridized carbons (Fsp3) is 0.167. The molecule has 0 fully saturated rings. The molecule has 0 atom stereocenters. The maximum Gasteiger partial charge on any atom is 0.295 e. The van der Waals surface area contributed by atoms with E-state index in [1.54, 1.807) is 9.36 Å². The van der Waals surface area contributed by atoms with Crippen LogP contribution in [-0.2, 0) is 7.05 Å². The standard InChI is InChI=1S/C18H20N6OS/c1-12(15-10-7-11-19-15)21-22-18(26)20-16-13(2)23(3)24(17(16)25)14-8-5-4-6-9-14/h4-11,19H,1-3H3,(H2,20,22,26)/b21-12+. The van der Waals surface area contributed by atoms with Gasteiger partial charge in [0.05, 0.1) is 22.8 Å². The van der Waals surface area contributed by atoms with Crippen LogP contribution in [0.3, 0.4) is 0 Å². The van der Waals surface area contributed by atoms with E-state index in [9.17, 15) is 4.79 Å². The van der Waals surface area contributed by atoms with Gasteiger partial charge in [0.15, 0.2) is 5.11 Å². The summed E-state index contributed by atoms with van der Waals surface area (Å²) in [5.74, 6) is 0. The molecule has 7 nitrogen and oxygen atoms in total. The van der Waals surface area contributed by atoms with E-state index in [1.165, 1.54) is 0 Å². The Morgan fingerprint density at radius 3 is 2.58 bits per heavy atom. The second kappa shape index (κ2) is 7.40. The number of hydrogen-bond acceptors (Lipinski definition) is 3. The number of benzene rings is 1. The number of aromatic nitrogens is 3. The molecular formula is C18H20N6OS. The Morgan fingerprint density at radius 2 is 1.92 bits per heavy atom. The zero-order valence-corrected chi connectivity index (χ0v) is 15.6. The van der Waals surface area contributed by atoms with Crippen LogP contribution >= 0.6 is 12.2 Å². The molecule has 0 unspecified atom stereocenters. The number of rotatable bonds is 4. The molecule has 2 aromatic heterocycles. The van der Waals surface area contributed by atoms with Crippen LogP contribution in [0, 0.1) is 6.92 Å². The van der Waals surface area contributed by atoms with E-state index in [2.05, 4.69) is 20.8 Å². The van der Waals surface area contributed by atoms with Gasteiger partial charge in [-0.05, 0) is 50.3 Å². The van der Waals surface area contributed by atoms with Gasteiger partial charge in [-0.3, -0.25) is 14.9 Å². The number of anilines is 1. The predicted molar refractivity (Wildman–Crippen MR) is 108 cm³/mol. The fourth-order valence-corrected chi connectivity index (χ4v) is 2.75. The van der Waals surface area contributed by atoms with Crippen molar-refractivity contribution in [1.29, 1.82) is 0 Å². The molecule has 26 heavy (non-hydrogen) atoms.